The van der Waals surface area contributed by atoms with Gasteiger partial charge in [-0.1, -0.05) is 0 Å². The van der Waals surface area contributed by atoms with Crippen molar-refractivity contribution in [3.63, 3.8) is 0 Å². The minimum Gasteiger partial charge on any atom is -0.494 e. The van der Waals surface area contributed by atoms with Crippen LogP contribution in [-0.2, 0) is 28.5 Å². The van der Waals surface area contributed by atoms with E-state index in [9.17, 15) is 9.59 Å². The monoisotopic (exact) mass is 365 g/mol. The van der Waals surface area contributed by atoms with Gasteiger partial charge in [0.25, 0.3) is 0 Å². The molecular formula is C18H23NO7. The molecule has 0 atom stereocenters. The van der Waals surface area contributed by atoms with Crippen molar-refractivity contribution in [1.82, 2.24) is 0 Å². The van der Waals surface area contributed by atoms with Gasteiger partial charge in [0.2, 0.25) is 0 Å². The zero-order valence-electron chi connectivity index (χ0n) is 15.1. The largest absolute Gasteiger partial charge is 0.494 e. The van der Waals surface area contributed by atoms with Crippen LogP contribution >= 0.6 is 0 Å². The van der Waals surface area contributed by atoms with E-state index in [-0.39, 0.29) is 24.6 Å². The van der Waals surface area contributed by atoms with Crippen molar-refractivity contribution in [2.24, 2.45) is 0 Å². The first-order valence-corrected chi connectivity index (χ1v) is 8.09. The number of esters is 2. The molecule has 0 fully saturated rings. The number of anilines is 1. The third kappa shape index (κ3) is 4.74. The Balaban J connectivity index is 2.22. The van der Waals surface area contributed by atoms with Crippen molar-refractivity contribution in [2.75, 3.05) is 52.8 Å². The molecule has 26 heavy (non-hydrogen) atoms. The lowest BCUT2D eigenvalue weighted by Crippen LogP contribution is -2.38. The van der Waals surface area contributed by atoms with Crippen LogP contribution in [0.3, 0.4) is 0 Å². The predicted octanol–water partition coefficient (Wildman–Crippen LogP) is 1.50. The highest BCUT2D eigenvalue weighted by atomic mass is 16.5. The van der Waals surface area contributed by atoms with Crippen molar-refractivity contribution in [3.8, 4) is 5.75 Å². The van der Waals surface area contributed by atoms with Gasteiger partial charge in [0, 0.05) is 25.8 Å². The Morgan fingerprint density at radius 2 is 1.73 bits per heavy atom. The maximum atomic E-state index is 12.2. The third-order valence-corrected chi connectivity index (χ3v) is 3.74. The number of carbonyl (C=O) groups excluding carboxylic acids is 2. The van der Waals surface area contributed by atoms with Gasteiger partial charge in [-0.25, -0.2) is 9.59 Å². The summed E-state index contributed by atoms with van der Waals surface area (Å²) in [6.45, 7) is 1.26. The molecule has 0 amide bonds. The fourth-order valence-electron chi connectivity index (χ4n) is 2.46. The first-order valence-electron chi connectivity index (χ1n) is 8.09. The average molecular weight is 365 g/mol. The van der Waals surface area contributed by atoms with E-state index in [0.717, 1.165) is 6.42 Å². The Bertz CT molecular complexity index is 654. The molecule has 0 radical (unpaired) electrons. The van der Waals surface area contributed by atoms with Gasteiger partial charge in [0.15, 0.2) is 0 Å². The average Bonchev–Trinajstić information content (AvgIpc) is 2.70. The van der Waals surface area contributed by atoms with Crippen LogP contribution in [0.1, 0.15) is 6.42 Å². The fourth-order valence-corrected chi connectivity index (χ4v) is 2.46. The van der Waals surface area contributed by atoms with Gasteiger partial charge in [-0.2, -0.15) is 0 Å². The Labute approximate surface area is 152 Å². The lowest BCUT2D eigenvalue weighted by Gasteiger charge is -2.31. The lowest BCUT2D eigenvalue weighted by molar-refractivity contribution is -0.140. The molecule has 0 spiro atoms. The summed E-state index contributed by atoms with van der Waals surface area (Å²) in [7, 11) is 4.15. The fraction of sp³-hybridized carbons (Fsp3) is 0.444. The molecule has 8 heteroatoms. The highest BCUT2D eigenvalue weighted by molar-refractivity contribution is 6.03. The zero-order valence-corrected chi connectivity index (χ0v) is 15.1. The zero-order chi connectivity index (χ0) is 18.9. The van der Waals surface area contributed by atoms with Crippen LogP contribution in [0, 0.1) is 0 Å². The summed E-state index contributed by atoms with van der Waals surface area (Å²) in [5.74, 6) is -0.568. The molecule has 0 aliphatic carbocycles. The molecule has 0 aromatic heterocycles. The number of nitrogens with zero attached hydrogens (tertiary/aromatic N) is 1. The van der Waals surface area contributed by atoms with Crippen molar-refractivity contribution in [2.45, 2.75) is 6.42 Å². The molecule has 1 heterocycles. The third-order valence-electron chi connectivity index (χ3n) is 3.74. The summed E-state index contributed by atoms with van der Waals surface area (Å²) in [5.41, 5.74) is 0.889. The molecule has 0 saturated carbocycles. The summed E-state index contributed by atoms with van der Waals surface area (Å²) in [6.07, 6.45) is 0.788. The van der Waals surface area contributed by atoms with Crippen molar-refractivity contribution < 1.29 is 33.3 Å². The number of rotatable bonds is 8. The summed E-state index contributed by atoms with van der Waals surface area (Å²) in [5, 5.41) is 0. The normalized spacial score (nSPS) is 14.2. The van der Waals surface area contributed by atoms with Crippen LogP contribution < -0.4 is 9.64 Å². The summed E-state index contributed by atoms with van der Waals surface area (Å²) < 4.78 is 25.6. The smallest absolute Gasteiger partial charge is 0.355 e. The van der Waals surface area contributed by atoms with Crippen LogP contribution in [0.2, 0.25) is 0 Å². The SMILES string of the molecule is COCCCOc1ccc(N2COCC(C(=O)OC)=C2C(=O)OC)cc1. The minimum absolute atomic E-state index is 0.0195. The van der Waals surface area contributed by atoms with Gasteiger partial charge in [0.05, 0.1) is 33.0 Å². The quantitative estimate of drug-likeness (QED) is 0.506. The maximum Gasteiger partial charge on any atom is 0.355 e. The molecule has 1 aliphatic rings. The number of carbonyl (C=O) groups is 2. The highest BCUT2D eigenvalue weighted by Gasteiger charge is 2.32. The van der Waals surface area contributed by atoms with Crippen LogP contribution in [0.25, 0.3) is 0 Å². The lowest BCUT2D eigenvalue weighted by atomic mass is 10.1. The molecule has 1 aliphatic heterocycles. The van der Waals surface area contributed by atoms with Gasteiger partial charge in [-0.15, -0.1) is 0 Å². The van der Waals surface area contributed by atoms with E-state index < -0.39 is 11.9 Å². The summed E-state index contributed by atoms with van der Waals surface area (Å²) in [4.78, 5) is 25.8. The standard InChI is InChI=1S/C18H23NO7/c1-22-9-4-10-26-14-7-5-13(6-8-14)19-12-25-11-15(17(20)23-2)16(19)18(21)24-3/h5-8H,4,9-12H2,1-3H3. The molecule has 142 valence electrons. The van der Waals surface area contributed by atoms with Gasteiger partial charge in [0.1, 0.15) is 18.2 Å². The van der Waals surface area contributed by atoms with E-state index in [0.29, 0.717) is 24.7 Å². The highest BCUT2D eigenvalue weighted by Crippen LogP contribution is 2.28. The van der Waals surface area contributed by atoms with Crippen molar-refractivity contribution in [3.05, 3.63) is 35.5 Å². The van der Waals surface area contributed by atoms with Crippen LogP contribution in [0.15, 0.2) is 35.5 Å². The Hall–Kier alpha value is -2.58. The van der Waals surface area contributed by atoms with Crippen LogP contribution in [-0.4, -0.2) is 59.8 Å². The van der Waals surface area contributed by atoms with Crippen molar-refractivity contribution in [1.29, 1.82) is 0 Å². The van der Waals surface area contributed by atoms with Gasteiger partial charge in [-0.05, 0) is 24.3 Å². The van der Waals surface area contributed by atoms with Crippen LogP contribution in [0.5, 0.6) is 5.75 Å². The van der Waals surface area contributed by atoms with Crippen LogP contribution in [0.4, 0.5) is 5.69 Å². The molecular weight excluding hydrogens is 342 g/mol. The van der Waals surface area contributed by atoms with Gasteiger partial charge >= 0.3 is 11.9 Å². The first-order chi connectivity index (χ1) is 12.6. The molecule has 0 bridgehead atoms. The number of hydrogen-bond donors (Lipinski definition) is 0. The van der Waals surface area contributed by atoms with E-state index in [2.05, 4.69) is 0 Å². The first kappa shape index (κ1) is 19.7. The Morgan fingerprint density at radius 1 is 1.04 bits per heavy atom. The molecule has 8 nitrogen and oxygen atoms in total. The number of ether oxygens (including phenoxy) is 5. The maximum absolute atomic E-state index is 12.2. The second-order valence-corrected chi connectivity index (χ2v) is 5.40. The second-order valence-electron chi connectivity index (χ2n) is 5.40. The molecule has 1 aromatic rings. The second kappa shape index (κ2) is 9.79. The number of benzene rings is 1. The van der Waals surface area contributed by atoms with E-state index in [1.807, 2.05) is 0 Å². The Kier molecular flexibility index (Phi) is 7.43. The Morgan fingerprint density at radius 3 is 2.35 bits per heavy atom. The van der Waals surface area contributed by atoms with E-state index in [4.69, 9.17) is 23.7 Å². The summed E-state index contributed by atoms with van der Waals surface area (Å²) >= 11 is 0. The molecule has 0 unspecified atom stereocenters. The van der Waals surface area contributed by atoms with Crippen molar-refractivity contribution >= 4 is 17.6 Å². The van der Waals surface area contributed by atoms with E-state index >= 15 is 0 Å². The predicted molar refractivity (Wildman–Crippen MR) is 92.8 cm³/mol. The van der Waals surface area contributed by atoms with Gasteiger partial charge < -0.3 is 28.6 Å². The molecule has 0 N–H and O–H groups in total. The number of hydrogen-bond acceptors (Lipinski definition) is 8. The topological polar surface area (TPSA) is 83.5 Å². The molecule has 1 aromatic carbocycles. The summed E-state index contributed by atoms with van der Waals surface area (Å²) in [6, 6.07) is 7.11. The van der Waals surface area contributed by atoms with E-state index in [1.54, 1.807) is 36.3 Å². The van der Waals surface area contributed by atoms with Gasteiger partial charge in [-0.3, -0.25) is 0 Å². The molecule has 2 rings (SSSR count). The van der Waals surface area contributed by atoms with E-state index in [1.165, 1.54) is 14.2 Å². The minimum atomic E-state index is -0.631. The molecule has 0 saturated heterocycles. The number of methoxy groups -OCH3 is 3.